The summed E-state index contributed by atoms with van der Waals surface area (Å²) >= 11 is 0. The molecule has 13 rings (SSSR count). The van der Waals surface area contributed by atoms with Crippen molar-refractivity contribution in [3.63, 3.8) is 0 Å². The lowest BCUT2D eigenvalue weighted by Crippen LogP contribution is -2.00. The summed E-state index contributed by atoms with van der Waals surface area (Å²) in [6.45, 7) is 0. The zero-order chi connectivity index (χ0) is 47.8. The molecule has 0 radical (unpaired) electrons. The Bertz CT molecular complexity index is 4060. The Morgan fingerprint density at radius 3 is 0.875 bits per heavy atom. The molecular formula is C66H42N6. The number of fused-ring (bicyclic) bond motifs is 3. The van der Waals surface area contributed by atoms with E-state index in [-0.39, 0.29) is 0 Å². The SMILES string of the molecule is c1ccc(-c2nc(-c3ccccc3)nc(-c3ccc(-c4ccc5c(-c6cccc7cc(-c8ccc(-c9nc(-c%10ccccc%10)nc(-c%10ccc%11ccccc%11c%10)n9)cc8)ccc67)cccc5c4)cc3)n2)cc1. The number of benzene rings is 11. The van der Waals surface area contributed by atoms with E-state index in [9.17, 15) is 0 Å². The molecule has 336 valence electrons. The molecule has 0 bridgehead atoms. The van der Waals surface area contributed by atoms with Crippen LogP contribution < -0.4 is 0 Å². The van der Waals surface area contributed by atoms with Crippen molar-refractivity contribution in [1.82, 2.24) is 29.9 Å². The highest BCUT2D eigenvalue weighted by molar-refractivity contribution is 6.07. The van der Waals surface area contributed by atoms with Crippen LogP contribution in [0.4, 0.5) is 0 Å². The molecule has 0 aliphatic carbocycles. The lowest BCUT2D eigenvalue weighted by molar-refractivity contribution is 1.07. The summed E-state index contributed by atoms with van der Waals surface area (Å²) in [7, 11) is 0. The second-order valence-corrected chi connectivity index (χ2v) is 17.9. The maximum absolute atomic E-state index is 5.04. The zero-order valence-corrected chi connectivity index (χ0v) is 38.9. The molecule has 0 saturated heterocycles. The molecule has 6 nitrogen and oxygen atoms in total. The van der Waals surface area contributed by atoms with Crippen LogP contribution in [0.15, 0.2) is 255 Å². The number of hydrogen-bond donors (Lipinski definition) is 0. The van der Waals surface area contributed by atoms with Crippen molar-refractivity contribution in [3.8, 4) is 102 Å². The van der Waals surface area contributed by atoms with Gasteiger partial charge in [0.05, 0.1) is 0 Å². The Labute approximate surface area is 416 Å². The molecule has 0 saturated carbocycles. The number of nitrogens with zero attached hydrogens (tertiary/aromatic N) is 6. The molecular weight excluding hydrogens is 877 g/mol. The van der Waals surface area contributed by atoms with Gasteiger partial charge < -0.3 is 0 Å². The highest BCUT2D eigenvalue weighted by atomic mass is 15.0. The first-order valence-corrected chi connectivity index (χ1v) is 24.1. The fourth-order valence-corrected chi connectivity index (χ4v) is 9.64. The third-order valence-corrected chi connectivity index (χ3v) is 13.4. The van der Waals surface area contributed by atoms with Gasteiger partial charge in [-0.3, -0.25) is 0 Å². The van der Waals surface area contributed by atoms with Crippen LogP contribution in [0.3, 0.4) is 0 Å². The fourth-order valence-electron chi connectivity index (χ4n) is 9.64. The van der Waals surface area contributed by atoms with Crippen molar-refractivity contribution in [2.75, 3.05) is 0 Å². The van der Waals surface area contributed by atoms with Crippen LogP contribution in [-0.4, -0.2) is 29.9 Å². The predicted octanol–water partition coefficient (Wildman–Crippen LogP) is 16.5. The van der Waals surface area contributed by atoms with Gasteiger partial charge in [-0.05, 0) is 83.9 Å². The molecule has 72 heavy (non-hydrogen) atoms. The Kier molecular flexibility index (Phi) is 10.7. The standard InChI is InChI=1S/C66H42N6/c1-4-15-46(16-5-1)61-67-62(47-17-6-2-7-18-47)69-64(68-61)49-31-26-44(27-32-49)52-36-38-57-54(40-52)22-12-24-59(57)60-25-13-23-55-41-53(37-39-58(55)60)45-28-33-50(34-29-45)65-70-63(48-19-8-3-9-20-48)71-66(72-65)56-35-30-43-14-10-11-21-51(43)42-56/h1-42H. The van der Waals surface area contributed by atoms with Crippen molar-refractivity contribution < 1.29 is 0 Å². The lowest BCUT2D eigenvalue weighted by atomic mass is 9.91. The van der Waals surface area contributed by atoms with Crippen molar-refractivity contribution in [1.29, 1.82) is 0 Å². The van der Waals surface area contributed by atoms with E-state index in [1.165, 1.54) is 38.1 Å². The second kappa shape index (κ2) is 18.3. The highest BCUT2D eigenvalue weighted by Gasteiger charge is 2.16. The minimum Gasteiger partial charge on any atom is -0.208 e. The van der Waals surface area contributed by atoms with Crippen LogP contribution in [0.25, 0.3) is 134 Å². The van der Waals surface area contributed by atoms with Gasteiger partial charge >= 0.3 is 0 Å². The van der Waals surface area contributed by atoms with Crippen molar-refractivity contribution in [2.24, 2.45) is 0 Å². The fraction of sp³-hybridized carbons (Fsp3) is 0. The molecule has 0 unspecified atom stereocenters. The summed E-state index contributed by atoms with van der Waals surface area (Å²) in [5, 5.41) is 7.09. The van der Waals surface area contributed by atoms with Crippen LogP contribution in [0.1, 0.15) is 0 Å². The van der Waals surface area contributed by atoms with Gasteiger partial charge in [0, 0.05) is 33.4 Å². The number of aromatic nitrogens is 6. The molecule has 13 aromatic rings. The summed E-state index contributed by atoms with van der Waals surface area (Å²) < 4.78 is 0. The normalized spacial score (nSPS) is 11.3. The van der Waals surface area contributed by atoms with Gasteiger partial charge in [0.25, 0.3) is 0 Å². The van der Waals surface area contributed by atoms with E-state index in [2.05, 4.69) is 164 Å². The van der Waals surface area contributed by atoms with Crippen LogP contribution in [0, 0.1) is 0 Å². The number of rotatable bonds is 9. The van der Waals surface area contributed by atoms with E-state index in [1.807, 2.05) is 91.0 Å². The molecule has 0 N–H and O–H groups in total. The van der Waals surface area contributed by atoms with E-state index in [1.54, 1.807) is 0 Å². The minimum absolute atomic E-state index is 0.633. The van der Waals surface area contributed by atoms with Crippen molar-refractivity contribution >= 4 is 32.3 Å². The molecule has 6 heteroatoms. The molecule has 0 aliphatic heterocycles. The summed E-state index contributed by atoms with van der Waals surface area (Å²) in [6.07, 6.45) is 0. The van der Waals surface area contributed by atoms with Crippen LogP contribution in [0.2, 0.25) is 0 Å². The topological polar surface area (TPSA) is 77.3 Å². The Hall–Kier alpha value is -9.78. The summed E-state index contributed by atoms with van der Waals surface area (Å²) in [5.74, 6) is 3.85. The molecule has 2 heterocycles. The zero-order valence-electron chi connectivity index (χ0n) is 38.9. The molecule has 0 amide bonds. The molecule has 2 aromatic heterocycles. The van der Waals surface area contributed by atoms with E-state index in [0.717, 1.165) is 61.0 Å². The first-order valence-electron chi connectivity index (χ1n) is 24.1. The van der Waals surface area contributed by atoms with Crippen molar-refractivity contribution in [3.05, 3.63) is 255 Å². The summed E-state index contributed by atoms with van der Waals surface area (Å²) in [4.78, 5) is 29.7. The van der Waals surface area contributed by atoms with Gasteiger partial charge in [-0.1, -0.05) is 237 Å². The molecule has 0 spiro atoms. The third-order valence-electron chi connectivity index (χ3n) is 13.4. The first-order chi connectivity index (χ1) is 35.6. The number of hydrogen-bond acceptors (Lipinski definition) is 6. The largest absolute Gasteiger partial charge is 0.208 e. The monoisotopic (exact) mass is 918 g/mol. The molecule has 0 fully saturated rings. The van der Waals surface area contributed by atoms with Gasteiger partial charge in [0.15, 0.2) is 34.9 Å². The summed E-state index contributed by atoms with van der Waals surface area (Å²) in [6, 6.07) is 88.8. The Morgan fingerprint density at radius 2 is 0.458 bits per heavy atom. The average molecular weight is 919 g/mol. The van der Waals surface area contributed by atoms with Gasteiger partial charge in [0.2, 0.25) is 0 Å². The van der Waals surface area contributed by atoms with E-state index >= 15 is 0 Å². The average Bonchev–Trinajstić information content (AvgIpc) is 3.47. The van der Waals surface area contributed by atoms with E-state index in [4.69, 9.17) is 29.9 Å². The van der Waals surface area contributed by atoms with Crippen LogP contribution in [0.5, 0.6) is 0 Å². The third kappa shape index (κ3) is 8.23. The van der Waals surface area contributed by atoms with Gasteiger partial charge in [-0.2, -0.15) is 0 Å². The van der Waals surface area contributed by atoms with Crippen LogP contribution >= 0.6 is 0 Å². The van der Waals surface area contributed by atoms with Gasteiger partial charge in [-0.25, -0.2) is 29.9 Å². The second-order valence-electron chi connectivity index (χ2n) is 17.9. The van der Waals surface area contributed by atoms with E-state index in [0.29, 0.717) is 34.9 Å². The van der Waals surface area contributed by atoms with E-state index < -0.39 is 0 Å². The lowest BCUT2D eigenvalue weighted by Gasteiger charge is -2.13. The van der Waals surface area contributed by atoms with Gasteiger partial charge in [0.1, 0.15) is 0 Å². The summed E-state index contributed by atoms with van der Waals surface area (Å²) in [5.41, 5.74) is 12.6. The quantitative estimate of drug-likeness (QED) is 0.144. The minimum atomic E-state index is 0.633. The maximum Gasteiger partial charge on any atom is 0.164 e. The highest BCUT2D eigenvalue weighted by Crippen LogP contribution is 2.38. The van der Waals surface area contributed by atoms with Gasteiger partial charge in [-0.15, -0.1) is 0 Å². The maximum atomic E-state index is 5.04. The predicted molar refractivity (Wildman–Crippen MR) is 295 cm³/mol. The van der Waals surface area contributed by atoms with Crippen molar-refractivity contribution in [2.45, 2.75) is 0 Å². The molecule has 0 atom stereocenters. The smallest absolute Gasteiger partial charge is 0.164 e. The molecule has 0 aliphatic rings. The molecule has 11 aromatic carbocycles. The Morgan fingerprint density at radius 1 is 0.167 bits per heavy atom. The first kappa shape index (κ1) is 42.3. The van der Waals surface area contributed by atoms with Crippen LogP contribution in [-0.2, 0) is 0 Å². The Balaban J connectivity index is 0.785.